The van der Waals surface area contributed by atoms with Crippen LogP contribution in [0.15, 0.2) is 12.1 Å². The quantitative estimate of drug-likeness (QED) is 0.800. The second-order valence-electron chi connectivity index (χ2n) is 5.76. The summed E-state index contributed by atoms with van der Waals surface area (Å²) in [5, 5.41) is 0. The van der Waals surface area contributed by atoms with Crippen LogP contribution in [0.5, 0.6) is 0 Å². The second-order valence-corrected chi connectivity index (χ2v) is 5.76. The minimum atomic E-state index is -0.312. The number of anilines is 1. The molecule has 1 heterocycles. The van der Waals surface area contributed by atoms with Crippen LogP contribution in [-0.2, 0) is 9.59 Å². The van der Waals surface area contributed by atoms with Crippen molar-refractivity contribution in [1.29, 1.82) is 0 Å². The number of carbonyl (C=O) groups excluding carboxylic acids is 2. The molecule has 1 fully saturated rings. The zero-order valence-electron chi connectivity index (χ0n) is 13.6. The molecule has 1 aliphatic rings. The topological polar surface area (TPSA) is 40.6 Å². The van der Waals surface area contributed by atoms with Crippen LogP contribution in [0.2, 0.25) is 0 Å². The summed E-state index contributed by atoms with van der Waals surface area (Å²) < 4.78 is 0. The van der Waals surface area contributed by atoms with E-state index in [1.807, 2.05) is 46.8 Å². The summed E-state index contributed by atoms with van der Waals surface area (Å²) in [5.74, 6) is -0.175. The number of hydrogen-bond acceptors (Lipinski definition) is 3. The molecular weight excluding hydrogens is 264 g/mol. The van der Waals surface area contributed by atoms with E-state index >= 15 is 0 Å². The van der Waals surface area contributed by atoms with Gasteiger partial charge in [0.2, 0.25) is 5.91 Å². The maximum Gasteiger partial charge on any atom is 0.251 e. The molecule has 1 aromatic carbocycles. The van der Waals surface area contributed by atoms with E-state index in [9.17, 15) is 9.59 Å². The number of benzene rings is 1. The molecule has 2 rings (SSSR count). The van der Waals surface area contributed by atoms with Crippen molar-refractivity contribution < 1.29 is 9.59 Å². The molecule has 1 aliphatic heterocycles. The highest BCUT2D eigenvalue weighted by Gasteiger charge is 2.42. The van der Waals surface area contributed by atoms with Crippen LogP contribution in [0.25, 0.3) is 0 Å². The number of hydrogen-bond donors (Lipinski definition) is 0. The maximum atomic E-state index is 12.7. The van der Waals surface area contributed by atoms with Gasteiger partial charge in [-0.2, -0.15) is 0 Å². The third kappa shape index (κ3) is 2.72. The van der Waals surface area contributed by atoms with Crippen LogP contribution in [-0.4, -0.2) is 35.8 Å². The van der Waals surface area contributed by atoms with Gasteiger partial charge in [0.15, 0.2) is 0 Å². The van der Waals surface area contributed by atoms with Gasteiger partial charge in [0.1, 0.15) is 0 Å². The third-order valence-corrected chi connectivity index (χ3v) is 4.23. The third-order valence-electron chi connectivity index (χ3n) is 4.23. The highest BCUT2D eigenvalue weighted by molar-refractivity contribution is 6.23. The van der Waals surface area contributed by atoms with Crippen molar-refractivity contribution in [2.45, 2.75) is 47.1 Å². The van der Waals surface area contributed by atoms with Crippen LogP contribution in [0, 0.1) is 20.8 Å². The van der Waals surface area contributed by atoms with Crippen molar-refractivity contribution in [3.05, 3.63) is 28.8 Å². The van der Waals surface area contributed by atoms with Crippen molar-refractivity contribution in [1.82, 2.24) is 4.90 Å². The van der Waals surface area contributed by atoms with E-state index in [0.717, 1.165) is 35.5 Å². The highest BCUT2D eigenvalue weighted by atomic mass is 16.2. The highest BCUT2D eigenvalue weighted by Crippen LogP contribution is 2.32. The SMILES string of the molecule is CCN(CC)[C@@H]1CC(=O)N(c2c(C)cc(C)cc2C)C1=O. The molecule has 4 nitrogen and oxygen atoms in total. The Bertz CT molecular complexity index is 553. The average molecular weight is 288 g/mol. The minimum absolute atomic E-state index is 0.0845. The van der Waals surface area contributed by atoms with E-state index in [4.69, 9.17) is 0 Å². The number of aryl methyl sites for hydroxylation is 3. The number of amides is 2. The Morgan fingerprint density at radius 3 is 2.10 bits per heavy atom. The lowest BCUT2D eigenvalue weighted by Gasteiger charge is -2.25. The molecule has 0 aliphatic carbocycles. The van der Waals surface area contributed by atoms with Gasteiger partial charge >= 0.3 is 0 Å². The molecule has 4 heteroatoms. The molecule has 0 radical (unpaired) electrons. The van der Waals surface area contributed by atoms with E-state index in [1.165, 1.54) is 4.90 Å². The Labute approximate surface area is 126 Å². The van der Waals surface area contributed by atoms with Crippen LogP contribution in [0.1, 0.15) is 37.0 Å². The Balaban J connectivity index is 2.42. The summed E-state index contributed by atoms with van der Waals surface area (Å²) in [7, 11) is 0. The predicted octanol–water partition coefficient (Wildman–Crippen LogP) is 2.59. The van der Waals surface area contributed by atoms with E-state index in [2.05, 4.69) is 4.90 Å². The van der Waals surface area contributed by atoms with Gasteiger partial charge in [-0.25, -0.2) is 4.90 Å². The van der Waals surface area contributed by atoms with E-state index in [1.54, 1.807) is 0 Å². The molecular formula is C17H24N2O2. The lowest BCUT2D eigenvalue weighted by molar-refractivity contribution is -0.122. The second kappa shape index (κ2) is 5.98. The molecule has 2 amide bonds. The summed E-state index contributed by atoms with van der Waals surface area (Å²) in [6.45, 7) is 11.5. The van der Waals surface area contributed by atoms with Crippen LogP contribution in [0.4, 0.5) is 5.69 Å². The molecule has 0 aromatic heterocycles. The Morgan fingerprint density at radius 1 is 1.10 bits per heavy atom. The lowest BCUT2D eigenvalue weighted by Crippen LogP contribution is -2.42. The van der Waals surface area contributed by atoms with Gasteiger partial charge in [-0.3, -0.25) is 14.5 Å². The summed E-state index contributed by atoms with van der Waals surface area (Å²) in [6.07, 6.45) is 0.285. The number of nitrogens with zero attached hydrogens (tertiary/aromatic N) is 2. The molecule has 0 bridgehead atoms. The molecule has 0 unspecified atom stereocenters. The van der Waals surface area contributed by atoms with Crippen molar-refractivity contribution in [2.75, 3.05) is 18.0 Å². The zero-order chi connectivity index (χ0) is 15.7. The van der Waals surface area contributed by atoms with Gasteiger partial charge in [-0.05, 0) is 45.0 Å². The van der Waals surface area contributed by atoms with Crippen LogP contribution >= 0.6 is 0 Å². The molecule has 114 valence electrons. The van der Waals surface area contributed by atoms with Crippen molar-refractivity contribution in [3.63, 3.8) is 0 Å². The summed E-state index contributed by atoms with van der Waals surface area (Å²) >= 11 is 0. The Kier molecular flexibility index (Phi) is 4.47. The van der Waals surface area contributed by atoms with Gasteiger partial charge in [-0.15, -0.1) is 0 Å². The van der Waals surface area contributed by atoms with Crippen molar-refractivity contribution in [2.24, 2.45) is 0 Å². The first kappa shape index (κ1) is 15.7. The zero-order valence-corrected chi connectivity index (χ0v) is 13.6. The average Bonchev–Trinajstić information content (AvgIpc) is 2.68. The largest absolute Gasteiger partial charge is 0.292 e. The molecule has 0 saturated carbocycles. The van der Waals surface area contributed by atoms with E-state index < -0.39 is 0 Å². The fourth-order valence-electron chi connectivity index (χ4n) is 3.33. The van der Waals surface area contributed by atoms with Crippen molar-refractivity contribution >= 4 is 17.5 Å². The molecule has 0 spiro atoms. The van der Waals surface area contributed by atoms with Gasteiger partial charge in [-0.1, -0.05) is 31.5 Å². The molecule has 1 atom stereocenters. The predicted molar refractivity (Wildman–Crippen MR) is 84.5 cm³/mol. The molecule has 0 N–H and O–H groups in total. The normalized spacial score (nSPS) is 19.0. The summed E-state index contributed by atoms with van der Waals surface area (Å²) in [6, 6.07) is 3.73. The number of likely N-dealkylation sites (N-methyl/N-ethyl adjacent to an activating group) is 1. The Hall–Kier alpha value is -1.68. The van der Waals surface area contributed by atoms with Gasteiger partial charge in [0, 0.05) is 0 Å². The fraction of sp³-hybridized carbons (Fsp3) is 0.529. The monoisotopic (exact) mass is 288 g/mol. The molecule has 21 heavy (non-hydrogen) atoms. The van der Waals surface area contributed by atoms with Crippen LogP contribution < -0.4 is 4.90 Å². The van der Waals surface area contributed by atoms with Crippen molar-refractivity contribution in [3.8, 4) is 0 Å². The number of rotatable bonds is 4. The summed E-state index contributed by atoms with van der Waals surface area (Å²) in [4.78, 5) is 28.6. The van der Waals surface area contributed by atoms with Crippen LogP contribution in [0.3, 0.4) is 0 Å². The standard InChI is InChI=1S/C17H24N2O2/c1-6-18(7-2)14-10-15(20)19(17(14)21)16-12(4)8-11(3)9-13(16)5/h8-9,14H,6-7,10H2,1-5H3/t14-/m1/s1. The van der Waals surface area contributed by atoms with E-state index in [0.29, 0.717) is 0 Å². The smallest absolute Gasteiger partial charge is 0.251 e. The first-order valence-electron chi connectivity index (χ1n) is 7.59. The first-order valence-corrected chi connectivity index (χ1v) is 7.59. The maximum absolute atomic E-state index is 12.7. The Morgan fingerprint density at radius 2 is 1.62 bits per heavy atom. The first-order chi connectivity index (χ1) is 9.90. The fourth-order valence-corrected chi connectivity index (χ4v) is 3.33. The number of imide groups is 1. The van der Waals surface area contributed by atoms with E-state index in [-0.39, 0.29) is 24.3 Å². The molecule has 1 saturated heterocycles. The lowest BCUT2D eigenvalue weighted by atomic mass is 10.0. The summed E-state index contributed by atoms with van der Waals surface area (Å²) in [5.41, 5.74) is 3.88. The van der Waals surface area contributed by atoms with Gasteiger partial charge in [0.25, 0.3) is 5.91 Å². The minimum Gasteiger partial charge on any atom is -0.292 e. The van der Waals surface area contributed by atoms with Gasteiger partial charge < -0.3 is 0 Å². The van der Waals surface area contributed by atoms with Gasteiger partial charge in [0.05, 0.1) is 18.2 Å². The molecule has 1 aromatic rings. The number of carbonyl (C=O) groups is 2.